The summed E-state index contributed by atoms with van der Waals surface area (Å²) < 4.78 is 31.6. The molecule has 9 heteroatoms. The predicted octanol–water partition coefficient (Wildman–Crippen LogP) is 4.63. The summed E-state index contributed by atoms with van der Waals surface area (Å²) in [7, 11) is -1.74. The van der Waals surface area contributed by atoms with E-state index in [2.05, 4.69) is 30.8 Å². The van der Waals surface area contributed by atoms with Crippen LogP contribution in [0.4, 0.5) is 16.2 Å². The molecule has 0 unspecified atom stereocenters. The SMILES string of the molecule is COc1c(-c2ccc3cc(NS(C)(=O)=O)ccc3c2)cc(N2CCC(=O)NC2=O)cc1C(C)(C)C. The van der Waals surface area contributed by atoms with Gasteiger partial charge in [-0.15, -0.1) is 0 Å². The van der Waals surface area contributed by atoms with E-state index < -0.39 is 16.1 Å². The quantitative estimate of drug-likeness (QED) is 0.537. The van der Waals surface area contributed by atoms with Crippen molar-refractivity contribution in [3.63, 3.8) is 0 Å². The maximum Gasteiger partial charge on any atom is 0.328 e. The van der Waals surface area contributed by atoms with E-state index in [4.69, 9.17) is 4.74 Å². The third kappa shape index (κ3) is 5.24. The Bertz CT molecular complexity index is 1440. The number of sulfonamides is 1. The van der Waals surface area contributed by atoms with Crippen LogP contribution in [0.1, 0.15) is 32.8 Å². The van der Waals surface area contributed by atoms with E-state index in [1.54, 1.807) is 24.1 Å². The molecule has 4 rings (SSSR count). The van der Waals surface area contributed by atoms with Crippen molar-refractivity contribution >= 4 is 44.1 Å². The summed E-state index contributed by atoms with van der Waals surface area (Å²) in [5.74, 6) is 0.430. The summed E-state index contributed by atoms with van der Waals surface area (Å²) in [4.78, 5) is 25.8. The molecule has 1 aliphatic rings. The molecule has 0 atom stereocenters. The van der Waals surface area contributed by atoms with Crippen molar-refractivity contribution in [2.75, 3.05) is 29.5 Å². The molecule has 184 valence electrons. The summed E-state index contributed by atoms with van der Waals surface area (Å²) in [6, 6.07) is 14.6. The zero-order valence-electron chi connectivity index (χ0n) is 20.4. The van der Waals surface area contributed by atoms with E-state index in [0.717, 1.165) is 33.7 Å². The second kappa shape index (κ2) is 8.88. The minimum absolute atomic E-state index is 0.234. The zero-order chi connectivity index (χ0) is 25.5. The first-order valence-corrected chi connectivity index (χ1v) is 13.1. The summed E-state index contributed by atoms with van der Waals surface area (Å²) in [5.41, 5.74) is 3.54. The van der Waals surface area contributed by atoms with E-state index in [1.165, 1.54) is 0 Å². The van der Waals surface area contributed by atoms with Crippen LogP contribution >= 0.6 is 0 Å². The first-order chi connectivity index (χ1) is 16.4. The number of urea groups is 1. The number of ether oxygens (including phenoxy) is 1. The van der Waals surface area contributed by atoms with Gasteiger partial charge in [0, 0.05) is 35.5 Å². The van der Waals surface area contributed by atoms with Crippen LogP contribution in [0, 0.1) is 0 Å². The maximum atomic E-state index is 12.6. The highest BCUT2D eigenvalue weighted by atomic mass is 32.2. The summed E-state index contributed by atoms with van der Waals surface area (Å²) in [6.07, 6.45) is 1.35. The first-order valence-electron chi connectivity index (χ1n) is 11.2. The van der Waals surface area contributed by atoms with Gasteiger partial charge in [-0.05, 0) is 52.1 Å². The van der Waals surface area contributed by atoms with Gasteiger partial charge in [0.05, 0.1) is 13.4 Å². The number of imide groups is 1. The highest BCUT2D eigenvalue weighted by Crippen LogP contribution is 2.43. The van der Waals surface area contributed by atoms with Crippen molar-refractivity contribution in [1.29, 1.82) is 0 Å². The van der Waals surface area contributed by atoms with E-state index >= 15 is 0 Å². The minimum Gasteiger partial charge on any atom is -0.496 e. The molecule has 3 aromatic carbocycles. The third-order valence-corrected chi connectivity index (χ3v) is 6.51. The standard InChI is InChI=1S/C26H29N3O5S/c1-26(2,3)22-15-20(29-11-10-23(30)27-25(29)31)14-21(24(22)34-4)18-7-6-17-13-19(28-35(5,32)33)9-8-16(17)12-18/h6-9,12-15,28H,10-11H2,1-5H3,(H,27,30,31). The lowest BCUT2D eigenvalue weighted by Crippen LogP contribution is -2.49. The molecule has 0 spiro atoms. The van der Waals surface area contributed by atoms with Gasteiger partial charge in [0.1, 0.15) is 5.75 Å². The van der Waals surface area contributed by atoms with Gasteiger partial charge >= 0.3 is 6.03 Å². The van der Waals surface area contributed by atoms with Gasteiger partial charge in [-0.2, -0.15) is 0 Å². The molecule has 0 aliphatic carbocycles. The fourth-order valence-corrected chi connectivity index (χ4v) is 4.82. The van der Waals surface area contributed by atoms with Crippen LogP contribution in [0.3, 0.4) is 0 Å². The molecule has 0 aromatic heterocycles. The lowest BCUT2D eigenvalue weighted by Gasteiger charge is -2.31. The molecule has 0 bridgehead atoms. The molecule has 2 N–H and O–H groups in total. The number of nitrogens with one attached hydrogen (secondary N) is 2. The minimum atomic E-state index is -3.37. The Hall–Kier alpha value is -3.59. The van der Waals surface area contributed by atoms with Crippen LogP contribution < -0.4 is 19.7 Å². The van der Waals surface area contributed by atoms with Crippen molar-refractivity contribution in [3.05, 3.63) is 54.1 Å². The number of anilines is 2. The first kappa shape index (κ1) is 24.5. The number of rotatable bonds is 5. The molecule has 1 fully saturated rings. The molecule has 0 saturated carbocycles. The molecule has 8 nitrogen and oxygen atoms in total. The number of hydrogen-bond acceptors (Lipinski definition) is 5. The molecular formula is C26H29N3O5S. The summed E-state index contributed by atoms with van der Waals surface area (Å²) in [5, 5.41) is 4.19. The lowest BCUT2D eigenvalue weighted by atomic mass is 9.83. The number of methoxy groups -OCH3 is 1. The Morgan fingerprint density at radius 2 is 1.69 bits per heavy atom. The number of nitrogens with zero attached hydrogens (tertiary/aromatic N) is 1. The number of amides is 3. The maximum absolute atomic E-state index is 12.6. The highest BCUT2D eigenvalue weighted by Gasteiger charge is 2.29. The van der Waals surface area contributed by atoms with Crippen LogP contribution in [-0.4, -0.2) is 40.3 Å². The second-order valence-corrected chi connectivity index (χ2v) is 11.5. The van der Waals surface area contributed by atoms with Crippen LogP contribution in [-0.2, 0) is 20.2 Å². The molecule has 1 heterocycles. The van der Waals surface area contributed by atoms with Crippen LogP contribution in [0.15, 0.2) is 48.5 Å². The van der Waals surface area contributed by atoms with Crippen molar-refractivity contribution < 1.29 is 22.7 Å². The van der Waals surface area contributed by atoms with Gasteiger partial charge in [-0.3, -0.25) is 19.7 Å². The van der Waals surface area contributed by atoms with Crippen molar-refractivity contribution in [3.8, 4) is 16.9 Å². The van der Waals surface area contributed by atoms with Crippen molar-refractivity contribution in [1.82, 2.24) is 5.32 Å². The van der Waals surface area contributed by atoms with Gasteiger partial charge in [-0.25, -0.2) is 13.2 Å². The Balaban J connectivity index is 1.86. The largest absolute Gasteiger partial charge is 0.496 e. The zero-order valence-corrected chi connectivity index (χ0v) is 21.2. The lowest BCUT2D eigenvalue weighted by molar-refractivity contribution is -0.120. The van der Waals surface area contributed by atoms with Crippen molar-refractivity contribution in [2.24, 2.45) is 0 Å². The topological polar surface area (TPSA) is 105 Å². The van der Waals surface area contributed by atoms with Gasteiger partial charge < -0.3 is 4.74 Å². The summed E-state index contributed by atoms with van der Waals surface area (Å²) >= 11 is 0. The van der Waals surface area contributed by atoms with Gasteiger partial charge in [0.25, 0.3) is 0 Å². The average Bonchev–Trinajstić information content (AvgIpc) is 2.76. The van der Waals surface area contributed by atoms with E-state index in [9.17, 15) is 18.0 Å². The number of carbonyl (C=O) groups is 2. The van der Waals surface area contributed by atoms with E-state index in [-0.39, 0.29) is 17.7 Å². The smallest absolute Gasteiger partial charge is 0.328 e. The van der Waals surface area contributed by atoms with Gasteiger partial charge in [0.2, 0.25) is 15.9 Å². The highest BCUT2D eigenvalue weighted by molar-refractivity contribution is 7.92. The van der Waals surface area contributed by atoms with Gasteiger partial charge in [-0.1, -0.05) is 39.0 Å². The fourth-order valence-electron chi connectivity index (χ4n) is 4.26. The molecule has 35 heavy (non-hydrogen) atoms. The van der Waals surface area contributed by atoms with Crippen molar-refractivity contribution in [2.45, 2.75) is 32.6 Å². The van der Waals surface area contributed by atoms with Gasteiger partial charge in [0.15, 0.2) is 0 Å². The fraction of sp³-hybridized carbons (Fsp3) is 0.308. The molecule has 1 aliphatic heterocycles. The molecule has 3 amide bonds. The molecule has 3 aromatic rings. The predicted molar refractivity (Wildman–Crippen MR) is 139 cm³/mol. The Morgan fingerprint density at radius 1 is 1.00 bits per heavy atom. The normalized spacial score (nSPS) is 14.7. The molecule has 0 radical (unpaired) electrons. The summed E-state index contributed by atoms with van der Waals surface area (Å²) in [6.45, 7) is 6.53. The third-order valence-electron chi connectivity index (χ3n) is 5.91. The Morgan fingerprint density at radius 3 is 2.31 bits per heavy atom. The molecular weight excluding hydrogens is 466 g/mol. The number of hydrogen-bond donors (Lipinski definition) is 2. The van der Waals surface area contributed by atoms with Crippen LogP contribution in [0.25, 0.3) is 21.9 Å². The Kier molecular flexibility index (Phi) is 6.23. The average molecular weight is 496 g/mol. The number of fused-ring (bicyclic) bond motifs is 1. The van der Waals surface area contributed by atoms with Crippen LogP contribution in [0.2, 0.25) is 0 Å². The number of carbonyl (C=O) groups excluding carboxylic acids is 2. The second-order valence-electron chi connectivity index (χ2n) is 9.73. The monoisotopic (exact) mass is 495 g/mol. The van der Waals surface area contributed by atoms with E-state index in [1.807, 2.05) is 36.4 Å². The van der Waals surface area contributed by atoms with E-state index in [0.29, 0.717) is 23.7 Å². The molecule has 1 saturated heterocycles. The number of benzene rings is 3. The Labute approximate surface area is 205 Å². The van der Waals surface area contributed by atoms with Crippen LogP contribution in [0.5, 0.6) is 5.75 Å².